The first kappa shape index (κ1) is 20.3. The zero-order valence-electron chi connectivity index (χ0n) is 16.7. The van der Waals surface area contributed by atoms with E-state index < -0.39 is 53.4 Å². The second kappa shape index (κ2) is 6.94. The highest BCUT2D eigenvalue weighted by molar-refractivity contribution is 6.24. The van der Waals surface area contributed by atoms with Gasteiger partial charge in [0.1, 0.15) is 6.04 Å². The van der Waals surface area contributed by atoms with E-state index in [9.17, 15) is 27.6 Å². The molecule has 0 radical (unpaired) electrons. The van der Waals surface area contributed by atoms with E-state index in [1.54, 1.807) is 23.2 Å². The summed E-state index contributed by atoms with van der Waals surface area (Å²) >= 11 is 0. The van der Waals surface area contributed by atoms with Gasteiger partial charge in [-0.3, -0.25) is 9.59 Å². The summed E-state index contributed by atoms with van der Waals surface area (Å²) in [6.07, 6.45) is -1.17. The van der Waals surface area contributed by atoms with Crippen LogP contribution in [0.25, 0.3) is 6.08 Å². The second-order valence-electron chi connectivity index (χ2n) is 7.92. The summed E-state index contributed by atoms with van der Waals surface area (Å²) in [6.45, 7) is 0. The largest absolute Gasteiger partial charge is 0.467 e. The number of anilines is 1. The molecule has 3 aliphatic rings. The number of carbonyl (C=O) groups is 3. The molecule has 3 aliphatic heterocycles. The number of hydrogen-bond acceptors (Lipinski definition) is 5. The topological polar surface area (TPSA) is 66.9 Å². The highest BCUT2D eigenvalue weighted by Crippen LogP contribution is 2.53. The van der Waals surface area contributed by atoms with Crippen LogP contribution in [0.15, 0.2) is 54.7 Å². The van der Waals surface area contributed by atoms with E-state index in [1.165, 1.54) is 13.2 Å². The van der Waals surface area contributed by atoms with Gasteiger partial charge in [0.2, 0.25) is 11.8 Å². The SMILES string of the molecule is COC(=O)[C@@H]1[C@@H]2C(=O)N(c3cccc(C(F)(F)F)c3)C(=O)[C@@H]2[C@H]2c3ccccc3C=CN12. The first-order valence-electron chi connectivity index (χ1n) is 9.91. The zero-order chi connectivity index (χ0) is 22.8. The van der Waals surface area contributed by atoms with Crippen LogP contribution in [0.4, 0.5) is 18.9 Å². The first-order chi connectivity index (χ1) is 15.2. The van der Waals surface area contributed by atoms with E-state index in [-0.39, 0.29) is 5.69 Å². The first-order valence-corrected chi connectivity index (χ1v) is 9.91. The van der Waals surface area contributed by atoms with Crippen LogP contribution in [-0.4, -0.2) is 35.8 Å². The molecular weight excluding hydrogens is 425 g/mol. The van der Waals surface area contributed by atoms with Gasteiger partial charge in [-0.05, 0) is 35.4 Å². The number of nitrogens with zero attached hydrogens (tertiary/aromatic N) is 2. The second-order valence-corrected chi connectivity index (χ2v) is 7.92. The molecule has 4 atom stereocenters. The average molecular weight is 442 g/mol. The molecule has 0 aliphatic carbocycles. The summed E-state index contributed by atoms with van der Waals surface area (Å²) in [4.78, 5) is 42.0. The maximum Gasteiger partial charge on any atom is 0.416 e. The smallest absolute Gasteiger partial charge is 0.416 e. The fraction of sp³-hybridized carbons (Fsp3) is 0.261. The minimum atomic E-state index is -4.63. The number of ether oxygens (including phenoxy) is 1. The minimum absolute atomic E-state index is 0.168. The van der Waals surface area contributed by atoms with Gasteiger partial charge in [0.15, 0.2) is 0 Å². The van der Waals surface area contributed by atoms with Gasteiger partial charge in [-0.15, -0.1) is 0 Å². The minimum Gasteiger partial charge on any atom is -0.467 e. The van der Waals surface area contributed by atoms with Gasteiger partial charge in [-0.1, -0.05) is 30.3 Å². The van der Waals surface area contributed by atoms with Gasteiger partial charge in [0, 0.05) is 6.20 Å². The molecule has 164 valence electrons. The third-order valence-corrected chi connectivity index (χ3v) is 6.34. The number of esters is 1. The third kappa shape index (κ3) is 2.77. The van der Waals surface area contributed by atoms with Crippen molar-refractivity contribution < 1.29 is 32.3 Å². The number of halogens is 3. The van der Waals surface area contributed by atoms with Crippen LogP contribution < -0.4 is 4.90 Å². The Balaban J connectivity index is 1.63. The highest BCUT2D eigenvalue weighted by Gasteiger charge is 2.65. The van der Waals surface area contributed by atoms with Crippen molar-refractivity contribution in [2.24, 2.45) is 11.8 Å². The normalized spacial score (nSPS) is 26.1. The third-order valence-electron chi connectivity index (χ3n) is 6.34. The van der Waals surface area contributed by atoms with Gasteiger partial charge in [-0.25, -0.2) is 9.69 Å². The van der Waals surface area contributed by atoms with Crippen molar-refractivity contribution in [1.82, 2.24) is 4.90 Å². The van der Waals surface area contributed by atoms with E-state index in [1.807, 2.05) is 18.2 Å². The molecule has 0 N–H and O–H groups in total. The molecule has 32 heavy (non-hydrogen) atoms. The van der Waals surface area contributed by atoms with E-state index in [0.29, 0.717) is 0 Å². The summed E-state index contributed by atoms with van der Waals surface area (Å²) in [5.74, 6) is -4.04. The van der Waals surface area contributed by atoms with Crippen LogP contribution in [0.5, 0.6) is 0 Å². The Bertz CT molecular complexity index is 1180. The van der Waals surface area contributed by atoms with Crippen LogP contribution in [0, 0.1) is 11.8 Å². The summed E-state index contributed by atoms with van der Waals surface area (Å²) < 4.78 is 44.6. The van der Waals surface area contributed by atoms with Crippen LogP contribution in [-0.2, 0) is 25.3 Å². The van der Waals surface area contributed by atoms with E-state index in [2.05, 4.69) is 0 Å². The monoisotopic (exact) mass is 442 g/mol. The van der Waals surface area contributed by atoms with Crippen LogP contribution in [0.1, 0.15) is 22.7 Å². The van der Waals surface area contributed by atoms with Crippen molar-refractivity contribution in [2.45, 2.75) is 18.3 Å². The molecule has 2 fully saturated rings. The number of rotatable bonds is 2. The van der Waals surface area contributed by atoms with Gasteiger partial charge >= 0.3 is 12.1 Å². The lowest BCUT2D eigenvalue weighted by Crippen LogP contribution is -2.44. The summed E-state index contributed by atoms with van der Waals surface area (Å²) in [6, 6.07) is 9.70. The summed E-state index contributed by atoms with van der Waals surface area (Å²) in [7, 11) is 1.19. The summed E-state index contributed by atoms with van der Waals surface area (Å²) in [5.41, 5.74) is 0.475. The molecule has 2 saturated heterocycles. The molecule has 0 spiro atoms. The quantitative estimate of drug-likeness (QED) is 0.527. The van der Waals surface area contributed by atoms with Crippen molar-refractivity contribution in [3.8, 4) is 0 Å². The number of amides is 2. The Hall–Kier alpha value is -3.62. The Morgan fingerprint density at radius 3 is 2.44 bits per heavy atom. The number of alkyl halides is 3. The van der Waals surface area contributed by atoms with E-state index in [0.717, 1.165) is 34.2 Å². The van der Waals surface area contributed by atoms with Crippen LogP contribution in [0.2, 0.25) is 0 Å². The standard InChI is InChI=1S/C23H17F3N2O4/c1-32-22(31)19-17-16(18-15-8-3-2-5-12(15)9-10-27(18)19)20(29)28(21(17)30)14-7-4-6-13(11-14)23(24,25)26/h2-11,16-19H,1H3/t16-,17+,18+,19-/m0/s1. The summed E-state index contributed by atoms with van der Waals surface area (Å²) in [5, 5.41) is 0. The van der Waals surface area contributed by atoms with Crippen LogP contribution >= 0.6 is 0 Å². The van der Waals surface area contributed by atoms with Gasteiger partial charge in [0.05, 0.1) is 36.2 Å². The van der Waals surface area contributed by atoms with Gasteiger partial charge < -0.3 is 9.64 Å². The maximum atomic E-state index is 13.5. The number of hydrogen-bond donors (Lipinski definition) is 0. The molecule has 0 saturated carbocycles. The molecule has 0 unspecified atom stereocenters. The molecule has 0 bridgehead atoms. The lowest BCUT2D eigenvalue weighted by Gasteiger charge is -2.34. The number of fused-ring (bicyclic) bond motifs is 5. The predicted molar refractivity (Wildman–Crippen MR) is 107 cm³/mol. The average Bonchev–Trinajstić information content (AvgIpc) is 3.25. The molecule has 9 heteroatoms. The fourth-order valence-electron chi connectivity index (χ4n) is 5.02. The Kier molecular flexibility index (Phi) is 4.40. The zero-order valence-corrected chi connectivity index (χ0v) is 16.7. The molecule has 3 heterocycles. The van der Waals surface area contributed by atoms with E-state index in [4.69, 9.17) is 4.74 Å². The van der Waals surface area contributed by atoms with Crippen molar-refractivity contribution in [1.29, 1.82) is 0 Å². The molecular formula is C23H17F3N2O4. The number of imide groups is 1. The van der Waals surface area contributed by atoms with Crippen molar-refractivity contribution in [3.05, 3.63) is 71.4 Å². The van der Waals surface area contributed by atoms with Crippen molar-refractivity contribution in [3.63, 3.8) is 0 Å². The fourth-order valence-corrected chi connectivity index (χ4v) is 5.02. The lowest BCUT2D eigenvalue weighted by molar-refractivity contribution is -0.148. The number of benzene rings is 2. The maximum absolute atomic E-state index is 13.5. The molecule has 2 amide bonds. The predicted octanol–water partition coefficient (Wildman–Crippen LogP) is 3.39. The van der Waals surface area contributed by atoms with Gasteiger partial charge in [0.25, 0.3) is 0 Å². The van der Waals surface area contributed by atoms with Crippen LogP contribution in [0.3, 0.4) is 0 Å². The van der Waals surface area contributed by atoms with E-state index >= 15 is 0 Å². The number of methoxy groups -OCH3 is 1. The number of carbonyl (C=O) groups excluding carboxylic acids is 3. The molecule has 5 rings (SSSR count). The molecule has 0 aromatic heterocycles. The van der Waals surface area contributed by atoms with Crippen molar-refractivity contribution >= 4 is 29.5 Å². The molecule has 2 aromatic carbocycles. The highest BCUT2D eigenvalue weighted by atomic mass is 19.4. The molecule has 2 aromatic rings. The Morgan fingerprint density at radius 1 is 1.00 bits per heavy atom. The van der Waals surface area contributed by atoms with Crippen molar-refractivity contribution in [2.75, 3.05) is 12.0 Å². The molecule has 6 nitrogen and oxygen atoms in total. The Labute approximate surface area is 180 Å². The lowest BCUT2D eigenvalue weighted by atomic mass is 9.84. The Morgan fingerprint density at radius 2 is 1.72 bits per heavy atom. The van der Waals surface area contributed by atoms with Gasteiger partial charge in [-0.2, -0.15) is 13.2 Å².